The molecule has 2 aliphatic heterocycles. The third-order valence-electron chi connectivity index (χ3n) is 2.98. The molecular formula is C9H17NO2. The number of aliphatic hydroxyl groups is 1. The molecule has 12 heavy (non-hydrogen) atoms. The third-order valence-corrected chi connectivity index (χ3v) is 2.98. The molecule has 2 saturated heterocycles. The van der Waals surface area contributed by atoms with Crippen LogP contribution in [0.15, 0.2) is 0 Å². The van der Waals surface area contributed by atoms with E-state index in [4.69, 9.17) is 4.74 Å². The van der Waals surface area contributed by atoms with Gasteiger partial charge in [0.15, 0.2) is 0 Å². The van der Waals surface area contributed by atoms with Gasteiger partial charge in [-0.15, -0.1) is 0 Å². The molecule has 0 radical (unpaired) electrons. The normalized spacial score (nSPS) is 43.2. The van der Waals surface area contributed by atoms with Crippen LogP contribution in [0.1, 0.15) is 19.3 Å². The lowest BCUT2D eigenvalue weighted by Gasteiger charge is -2.32. The predicted molar refractivity (Wildman–Crippen MR) is 46.0 cm³/mol. The Morgan fingerprint density at radius 3 is 2.92 bits per heavy atom. The van der Waals surface area contributed by atoms with Gasteiger partial charge in [0.25, 0.3) is 0 Å². The second-order valence-corrected chi connectivity index (χ2v) is 3.80. The van der Waals surface area contributed by atoms with Gasteiger partial charge in [-0.2, -0.15) is 0 Å². The van der Waals surface area contributed by atoms with Crippen molar-refractivity contribution in [2.75, 3.05) is 19.8 Å². The van der Waals surface area contributed by atoms with Crippen molar-refractivity contribution in [1.82, 2.24) is 5.32 Å². The quantitative estimate of drug-likeness (QED) is 0.589. The molecule has 0 aromatic carbocycles. The Kier molecular flexibility index (Phi) is 2.63. The molecule has 0 amide bonds. The lowest BCUT2D eigenvalue weighted by molar-refractivity contribution is -0.0466. The summed E-state index contributed by atoms with van der Waals surface area (Å²) in [6, 6.07) is 0.500. The summed E-state index contributed by atoms with van der Waals surface area (Å²) >= 11 is 0. The smallest absolute Gasteiger partial charge is 0.0627 e. The van der Waals surface area contributed by atoms with E-state index in [0.717, 1.165) is 26.2 Å². The number of rotatable bonds is 1. The minimum Gasteiger partial charge on any atom is -0.393 e. The molecule has 2 rings (SSSR count). The van der Waals surface area contributed by atoms with Gasteiger partial charge in [0.2, 0.25) is 0 Å². The Hall–Kier alpha value is -0.120. The maximum Gasteiger partial charge on any atom is 0.0627 e. The van der Waals surface area contributed by atoms with Crippen LogP contribution in [0.5, 0.6) is 0 Å². The Labute approximate surface area is 73.1 Å². The number of nitrogens with one attached hydrogen (secondary N) is 1. The molecule has 3 nitrogen and oxygen atoms in total. The molecule has 2 heterocycles. The van der Waals surface area contributed by atoms with Gasteiger partial charge in [-0.1, -0.05) is 0 Å². The predicted octanol–water partition coefficient (Wildman–Crippen LogP) is 0.136. The summed E-state index contributed by atoms with van der Waals surface area (Å²) in [5, 5.41) is 13.1. The number of ether oxygens (including phenoxy) is 1. The SMILES string of the molecule is OC1CCOCC1C1CCCN1. The summed E-state index contributed by atoms with van der Waals surface area (Å²) in [5.74, 6) is 0.334. The van der Waals surface area contributed by atoms with E-state index in [-0.39, 0.29) is 6.10 Å². The highest BCUT2D eigenvalue weighted by Crippen LogP contribution is 2.23. The monoisotopic (exact) mass is 171 g/mol. The zero-order valence-corrected chi connectivity index (χ0v) is 7.33. The second-order valence-electron chi connectivity index (χ2n) is 3.80. The molecule has 3 heteroatoms. The Morgan fingerprint density at radius 2 is 2.25 bits per heavy atom. The van der Waals surface area contributed by atoms with Crippen molar-refractivity contribution in [3.63, 3.8) is 0 Å². The molecule has 70 valence electrons. The van der Waals surface area contributed by atoms with E-state index in [9.17, 15) is 5.11 Å². The molecule has 2 aliphatic rings. The molecule has 0 saturated carbocycles. The largest absolute Gasteiger partial charge is 0.393 e. The maximum absolute atomic E-state index is 9.71. The van der Waals surface area contributed by atoms with E-state index in [2.05, 4.69) is 5.32 Å². The van der Waals surface area contributed by atoms with Crippen molar-refractivity contribution in [2.45, 2.75) is 31.4 Å². The van der Waals surface area contributed by atoms with Crippen molar-refractivity contribution in [2.24, 2.45) is 5.92 Å². The number of hydrogen-bond donors (Lipinski definition) is 2. The number of aliphatic hydroxyl groups excluding tert-OH is 1. The van der Waals surface area contributed by atoms with Crippen molar-refractivity contribution < 1.29 is 9.84 Å². The van der Waals surface area contributed by atoms with E-state index >= 15 is 0 Å². The lowest BCUT2D eigenvalue weighted by atomic mass is 9.90. The Bertz CT molecular complexity index is 145. The molecule has 0 aliphatic carbocycles. The van der Waals surface area contributed by atoms with Crippen LogP contribution in [-0.2, 0) is 4.74 Å². The van der Waals surface area contributed by atoms with Crippen LogP contribution in [0.25, 0.3) is 0 Å². The summed E-state index contributed by atoms with van der Waals surface area (Å²) in [4.78, 5) is 0. The van der Waals surface area contributed by atoms with Crippen LogP contribution in [0.3, 0.4) is 0 Å². The zero-order chi connectivity index (χ0) is 8.39. The first-order chi connectivity index (χ1) is 5.88. The van der Waals surface area contributed by atoms with Crippen LogP contribution < -0.4 is 5.32 Å². The molecule has 0 spiro atoms. The summed E-state index contributed by atoms with van der Waals surface area (Å²) < 4.78 is 5.36. The van der Waals surface area contributed by atoms with Gasteiger partial charge in [0.05, 0.1) is 12.7 Å². The molecule has 0 aromatic heterocycles. The van der Waals surface area contributed by atoms with Crippen molar-refractivity contribution >= 4 is 0 Å². The van der Waals surface area contributed by atoms with E-state index < -0.39 is 0 Å². The number of hydrogen-bond acceptors (Lipinski definition) is 3. The highest BCUT2D eigenvalue weighted by Gasteiger charge is 2.32. The topological polar surface area (TPSA) is 41.5 Å². The van der Waals surface area contributed by atoms with Gasteiger partial charge in [-0.3, -0.25) is 0 Å². The van der Waals surface area contributed by atoms with E-state index in [1.807, 2.05) is 0 Å². The first-order valence-electron chi connectivity index (χ1n) is 4.87. The summed E-state index contributed by atoms with van der Waals surface area (Å²) in [6.45, 7) is 2.57. The van der Waals surface area contributed by atoms with Crippen LogP contribution >= 0.6 is 0 Å². The summed E-state index contributed by atoms with van der Waals surface area (Å²) in [5.41, 5.74) is 0. The van der Waals surface area contributed by atoms with Gasteiger partial charge in [-0.05, 0) is 25.8 Å². The Balaban J connectivity index is 1.91. The summed E-state index contributed by atoms with van der Waals surface area (Å²) in [7, 11) is 0. The first-order valence-corrected chi connectivity index (χ1v) is 4.87. The van der Waals surface area contributed by atoms with Crippen LogP contribution in [-0.4, -0.2) is 37.0 Å². The summed E-state index contributed by atoms with van der Waals surface area (Å²) in [6.07, 6.45) is 3.11. The maximum atomic E-state index is 9.71. The fourth-order valence-electron chi connectivity index (χ4n) is 2.21. The minimum absolute atomic E-state index is 0.144. The molecule has 0 bridgehead atoms. The highest BCUT2D eigenvalue weighted by atomic mass is 16.5. The van der Waals surface area contributed by atoms with Gasteiger partial charge >= 0.3 is 0 Å². The van der Waals surface area contributed by atoms with E-state index in [0.29, 0.717) is 12.0 Å². The first kappa shape index (κ1) is 8.48. The second kappa shape index (κ2) is 3.73. The van der Waals surface area contributed by atoms with E-state index in [1.165, 1.54) is 12.8 Å². The molecule has 3 unspecified atom stereocenters. The fraction of sp³-hybridized carbons (Fsp3) is 1.00. The van der Waals surface area contributed by atoms with Crippen molar-refractivity contribution in [1.29, 1.82) is 0 Å². The molecule has 0 aromatic rings. The minimum atomic E-state index is -0.144. The van der Waals surface area contributed by atoms with E-state index in [1.54, 1.807) is 0 Å². The van der Waals surface area contributed by atoms with Gasteiger partial charge < -0.3 is 15.2 Å². The molecular weight excluding hydrogens is 154 g/mol. The lowest BCUT2D eigenvalue weighted by Crippen LogP contribution is -2.44. The zero-order valence-electron chi connectivity index (χ0n) is 7.33. The average Bonchev–Trinajstić information content (AvgIpc) is 2.57. The van der Waals surface area contributed by atoms with Crippen LogP contribution in [0, 0.1) is 5.92 Å². The fourth-order valence-corrected chi connectivity index (χ4v) is 2.21. The highest BCUT2D eigenvalue weighted by molar-refractivity contribution is 4.87. The molecule has 3 atom stereocenters. The van der Waals surface area contributed by atoms with Crippen LogP contribution in [0.4, 0.5) is 0 Å². The van der Waals surface area contributed by atoms with Crippen molar-refractivity contribution in [3.8, 4) is 0 Å². The molecule has 2 fully saturated rings. The average molecular weight is 171 g/mol. The van der Waals surface area contributed by atoms with Gasteiger partial charge in [0.1, 0.15) is 0 Å². The Morgan fingerprint density at radius 1 is 1.33 bits per heavy atom. The third kappa shape index (κ3) is 1.63. The standard InChI is InChI=1S/C9H17NO2/c11-9-3-5-12-6-7(9)8-2-1-4-10-8/h7-11H,1-6H2. The van der Waals surface area contributed by atoms with Crippen molar-refractivity contribution in [3.05, 3.63) is 0 Å². The van der Waals surface area contributed by atoms with Gasteiger partial charge in [0, 0.05) is 18.6 Å². The van der Waals surface area contributed by atoms with Crippen LogP contribution in [0.2, 0.25) is 0 Å². The van der Waals surface area contributed by atoms with Gasteiger partial charge in [-0.25, -0.2) is 0 Å². The molecule has 2 N–H and O–H groups in total.